The van der Waals surface area contributed by atoms with Gasteiger partial charge < -0.3 is 10.1 Å². The Bertz CT molecular complexity index is 530. The molecule has 1 heterocycles. The molecule has 0 saturated carbocycles. The Balaban J connectivity index is 2.06. The number of nitrogens with zero attached hydrogens (tertiary/aromatic N) is 2. The van der Waals surface area contributed by atoms with Gasteiger partial charge in [-0.15, -0.1) is 5.10 Å². The van der Waals surface area contributed by atoms with Gasteiger partial charge in [-0.2, -0.15) is 0 Å². The van der Waals surface area contributed by atoms with Crippen LogP contribution in [0.5, 0.6) is 5.75 Å². The summed E-state index contributed by atoms with van der Waals surface area (Å²) in [6.45, 7) is 5.24. The molecule has 2 aromatic rings. The summed E-state index contributed by atoms with van der Waals surface area (Å²) in [5.41, 5.74) is 1.87. The number of anilines is 1. The largest absolute Gasteiger partial charge is 0.487 e. The van der Waals surface area contributed by atoms with Crippen LogP contribution in [-0.2, 0) is 6.61 Å². The minimum absolute atomic E-state index is 0.389. The lowest BCUT2D eigenvalue weighted by Gasteiger charge is -2.09. The number of nitrogens with one attached hydrogen (secondary N) is 1. The maximum Gasteiger partial charge on any atom is 0.136 e. The highest BCUT2D eigenvalue weighted by atomic mass is 35.5. The molecule has 1 aromatic carbocycles. The fourth-order valence-electron chi connectivity index (χ4n) is 1.47. The van der Waals surface area contributed by atoms with Gasteiger partial charge in [-0.25, -0.2) is 0 Å². The highest BCUT2D eigenvalue weighted by Gasteiger charge is 2.09. The summed E-state index contributed by atoms with van der Waals surface area (Å²) in [7, 11) is 0. The molecule has 0 spiro atoms. The Morgan fingerprint density at radius 2 is 2.28 bits per heavy atom. The van der Waals surface area contributed by atoms with Gasteiger partial charge in [0.05, 0.1) is 0 Å². The standard InChI is InChI=1S/C12H14ClN3OS/c1-3-14-12-10(15-16-18-12)7-17-11-6-9(13)5-4-8(11)2/h4-6,14H,3,7H2,1-2H3. The smallest absolute Gasteiger partial charge is 0.136 e. The van der Waals surface area contributed by atoms with Crippen molar-refractivity contribution in [3.05, 3.63) is 34.5 Å². The average Bonchev–Trinajstić information content (AvgIpc) is 2.78. The zero-order valence-corrected chi connectivity index (χ0v) is 11.8. The Labute approximate surface area is 115 Å². The van der Waals surface area contributed by atoms with Gasteiger partial charge in [0.25, 0.3) is 0 Å². The third-order valence-corrected chi connectivity index (χ3v) is 3.37. The van der Waals surface area contributed by atoms with E-state index in [1.165, 1.54) is 11.5 Å². The molecule has 1 N–H and O–H groups in total. The summed E-state index contributed by atoms with van der Waals surface area (Å²) in [4.78, 5) is 0. The lowest BCUT2D eigenvalue weighted by molar-refractivity contribution is 0.299. The zero-order valence-electron chi connectivity index (χ0n) is 10.2. The summed E-state index contributed by atoms with van der Waals surface area (Å²) in [6.07, 6.45) is 0. The molecule has 18 heavy (non-hydrogen) atoms. The number of hydrogen-bond donors (Lipinski definition) is 1. The topological polar surface area (TPSA) is 47.0 Å². The molecule has 2 rings (SSSR count). The maximum absolute atomic E-state index is 5.94. The molecule has 0 aliphatic rings. The molecule has 4 nitrogen and oxygen atoms in total. The van der Waals surface area contributed by atoms with Crippen LogP contribution in [0, 0.1) is 6.92 Å². The van der Waals surface area contributed by atoms with Crippen molar-refractivity contribution < 1.29 is 4.74 Å². The number of aromatic nitrogens is 2. The van der Waals surface area contributed by atoms with Crippen molar-refractivity contribution in [3.63, 3.8) is 0 Å². The number of aryl methyl sites for hydroxylation is 1. The fraction of sp³-hybridized carbons (Fsp3) is 0.333. The van der Waals surface area contributed by atoms with Crippen molar-refractivity contribution in [2.75, 3.05) is 11.9 Å². The van der Waals surface area contributed by atoms with Gasteiger partial charge in [0.1, 0.15) is 23.1 Å². The molecule has 0 fully saturated rings. The maximum atomic E-state index is 5.94. The van der Waals surface area contributed by atoms with Crippen LogP contribution in [0.1, 0.15) is 18.2 Å². The van der Waals surface area contributed by atoms with Gasteiger partial charge in [0, 0.05) is 23.1 Å². The molecule has 0 aliphatic carbocycles. The van der Waals surface area contributed by atoms with Crippen LogP contribution < -0.4 is 10.1 Å². The summed E-state index contributed by atoms with van der Waals surface area (Å²) in [6, 6.07) is 5.59. The molecule has 0 aliphatic heterocycles. The van der Waals surface area contributed by atoms with E-state index < -0.39 is 0 Å². The quantitative estimate of drug-likeness (QED) is 0.912. The van der Waals surface area contributed by atoms with E-state index in [-0.39, 0.29) is 0 Å². The monoisotopic (exact) mass is 283 g/mol. The second kappa shape index (κ2) is 6.02. The molecule has 1 aromatic heterocycles. The van der Waals surface area contributed by atoms with E-state index in [4.69, 9.17) is 16.3 Å². The number of rotatable bonds is 5. The molecule has 0 bridgehead atoms. The lowest BCUT2D eigenvalue weighted by Crippen LogP contribution is -2.02. The second-order valence-electron chi connectivity index (χ2n) is 3.78. The van der Waals surface area contributed by atoms with Crippen LogP contribution in [0.3, 0.4) is 0 Å². The molecule has 0 amide bonds. The molecule has 0 unspecified atom stereocenters. The molecule has 0 atom stereocenters. The average molecular weight is 284 g/mol. The lowest BCUT2D eigenvalue weighted by atomic mass is 10.2. The SMILES string of the molecule is CCNc1snnc1COc1cc(Cl)ccc1C. The molecule has 96 valence electrons. The van der Waals surface area contributed by atoms with Gasteiger partial charge >= 0.3 is 0 Å². The Morgan fingerprint density at radius 1 is 1.44 bits per heavy atom. The van der Waals surface area contributed by atoms with Crippen LogP contribution in [-0.4, -0.2) is 16.1 Å². The van der Waals surface area contributed by atoms with Gasteiger partial charge in [-0.05, 0) is 31.5 Å². The summed E-state index contributed by atoms with van der Waals surface area (Å²) in [5.74, 6) is 0.776. The predicted molar refractivity (Wildman–Crippen MR) is 74.6 cm³/mol. The molecular weight excluding hydrogens is 270 g/mol. The van der Waals surface area contributed by atoms with Gasteiger partial charge in [0.15, 0.2) is 0 Å². The van der Waals surface area contributed by atoms with Crippen molar-refractivity contribution in [2.45, 2.75) is 20.5 Å². The van der Waals surface area contributed by atoms with Crippen LogP contribution in [0.2, 0.25) is 5.02 Å². The fourth-order valence-corrected chi connectivity index (χ4v) is 2.27. The summed E-state index contributed by atoms with van der Waals surface area (Å²) < 4.78 is 9.64. The normalized spacial score (nSPS) is 10.4. The van der Waals surface area contributed by atoms with Crippen molar-refractivity contribution in [1.29, 1.82) is 0 Å². The molecule has 0 saturated heterocycles. The first-order chi connectivity index (χ1) is 8.70. The predicted octanol–water partition coefficient (Wildman–Crippen LogP) is 3.51. The third kappa shape index (κ3) is 3.11. The van der Waals surface area contributed by atoms with E-state index in [2.05, 4.69) is 14.9 Å². The van der Waals surface area contributed by atoms with Crippen molar-refractivity contribution in [1.82, 2.24) is 9.59 Å². The van der Waals surface area contributed by atoms with Crippen molar-refractivity contribution >= 4 is 28.1 Å². The number of hydrogen-bond acceptors (Lipinski definition) is 5. The second-order valence-corrected chi connectivity index (χ2v) is 4.97. The van der Waals surface area contributed by atoms with E-state index in [9.17, 15) is 0 Å². The number of halogens is 1. The van der Waals surface area contributed by atoms with Crippen LogP contribution in [0.4, 0.5) is 5.00 Å². The zero-order chi connectivity index (χ0) is 13.0. The minimum atomic E-state index is 0.389. The first-order valence-corrected chi connectivity index (χ1v) is 6.80. The number of benzene rings is 1. The summed E-state index contributed by atoms with van der Waals surface area (Å²) >= 11 is 7.28. The van der Waals surface area contributed by atoms with E-state index >= 15 is 0 Å². The summed E-state index contributed by atoms with van der Waals surface area (Å²) in [5, 5.41) is 8.88. The molecule has 6 heteroatoms. The van der Waals surface area contributed by atoms with Crippen molar-refractivity contribution in [3.8, 4) is 5.75 Å². The Hall–Kier alpha value is -1.33. The highest BCUT2D eigenvalue weighted by molar-refractivity contribution is 7.10. The third-order valence-electron chi connectivity index (χ3n) is 2.41. The van der Waals surface area contributed by atoms with Crippen molar-refractivity contribution in [2.24, 2.45) is 0 Å². The van der Waals surface area contributed by atoms with E-state index in [1.807, 2.05) is 32.0 Å². The van der Waals surface area contributed by atoms with Gasteiger partial charge in [0.2, 0.25) is 0 Å². The van der Waals surface area contributed by atoms with Crippen LogP contribution in [0.15, 0.2) is 18.2 Å². The van der Waals surface area contributed by atoms with E-state index in [1.54, 1.807) is 0 Å². The first-order valence-electron chi connectivity index (χ1n) is 5.64. The van der Waals surface area contributed by atoms with Gasteiger partial charge in [-0.1, -0.05) is 22.2 Å². The minimum Gasteiger partial charge on any atom is -0.487 e. The molecule has 0 radical (unpaired) electrons. The number of ether oxygens (including phenoxy) is 1. The van der Waals surface area contributed by atoms with E-state index in [0.717, 1.165) is 28.6 Å². The van der Waals surface area contributed by atoms with Crippen LogP contribution in [0.25, 0.3) is 0 Å². The van der Waals surface area contributed by atoms with Gasteiger partial charge in [-0.3, -0.25) is 0 Å². The van der Waals surface area contributed by atoms with Crippen LogP contribution >= 0.6 is 23.1 Å². The highest BCUT2D eigenvalue weighted by Crippen LogP contribution is 2.25. The van der Waals surface area contributed by atoms with E-state index in [0.29, 0.717) is 11.6 Å². The molecular formula is C12H14ClN3OS. The Morgan fingerprint density at radius 3 is 3.06 bits per heavy atom. The Kier molecular flexibility index (Phi) is 4.38. The first kappa shape index (κ1) is 13.1.